The Bertz CT molecular complexity index is 277. The van der Waals surface area contributed by atoms with Crippen LogP contribution in [0.15, 0.2) is 18.2 Å². The van der Waals surface area contributed by atoms with Crippen LogP contribution in [0.4, 0.5) is 13.2 Å². The third-order valence-electron chi connectivity index (χ3n) is 1.17. The lowest BCUT2D eigenvalue weighted by molar-refractivity contribution is -0.0521. The molecule has 1 aromatic carbocycles. The Morgan fingerprint density at radius 3 is 2.50 bits per heavy atom. The molecule has 0 heterocycles. The largest absolute Gasteiger partial charge is 0.432 e. The van der Waals surface area contributed by atoms with E-state index in [1.165, 1.54) is 6.07 Å². The van der Waals surface area contributed by atoms with Gasteiger partial charge in [-0.15, -0.1) is 9.24 Å². The van der Waals surface area contributed by atoms with Gasteiger partial charge >= 0.3 is 6.61 Å². The van der Waals surface area contributed by atoms with Crippen molar-refractivity contribution in [2.24, 2.45) is 0 Å². The SMILES string of the molecule is Fc1cc(P)ccc1OC(F)F. The standard InChI is InChI=1S/C7H6F3OP/c8-5-3-4(12)1-2-6(5)11-7(9)10/h1-3,7H,12H2. The van der Waals surface area contributed by atoms with Gasteiger partial charge in [-0.1, -0.05) is 6.07 Å². The highest BCUT2D eigenvalue weighted by Gasteiger charge is 2.08. The number of hydrogen-bond donors (Lipinski definition) is 0. The fourth-order valence-corrected chi connectivity index (χ4v) is 0.951. The summed E-state index contributed by atoms with van der Waals surface area (Å²) >= 11 is 0. The average Bonchev–Trinajstić information content (AvgIpc) is 1.94. The molecule has 0 saturated carbocycles. The molecule has 1 atom stereocenters. The van der Waals surface area contributed by atoms with Crippen LogP contribution in [-0.4, -0.2) is 6.61 Å². The van der Waals surface area contributed by atoms with Crippen LogP contribution >= 0.6 is 9.24 Å². The summed E-state index contributed by atoms with van der Waals surface area (Å²) in [6.07, 6.45) is 0. The van der Waals surface area contributed by atoms with Crippen molar-refractivity contribution in [3.8, 4) is 5.75 Å². The van der Waals surface area contributed by atoms with Crippen LogP contribution in [0, 0.1) is 5.82 Å². The Balaban J connectivity index is 2.86. The molecule has 0 N–H and O–H groups in total. The third kappa shape index (κ3) is 2.38. The van der Waals surface area contributed by atoms with Gasteiger partial charge in [0.1, 0.15) is 0 Å². The maximum Gasteiger partial charge on any atom is 0.387 e. The van der Waals surface area contributed by atoms with Crippen molar-refractivity contribution in [1.29, 1.82) is 0 Å². The molecule has 66 valence electrons. The van der Waals surface area contributed by atoms with Gasteiger partial charge in [0.15, 0.2) is 11.6 Å². The van der Waals surface area contributed by atoms with Gasteiger partial charge in [-0.25, -0.2) is 4.39 Å². The Morgan fingerprint density at radius 2 is 2.00 bits per heavy atom. The van der Waals surface area contributed by atoms with E-state index in [-0.39, 0.29) is 0 Å². The fourth-order valence-electron chi connectivity index (χ4n) is 0.709. The number of ether oxygens (including phenoxy) is 1. The van der Waals surface area contributed by atoms with Crippen molar-refractivity contribution in [2.75, 3.05) is 0 Å². The summed E-state index contributed by atoms with van der Waals surface area (Å²) in [5.41, 5.74) is 0. The van der Waals surface area contributed by atoms with Crippen LogP contribution in [0.3, 0.4) is 0 Å². The van der Waals surface area contributed by atoms with Crippen molar-refractivity contribution in [3.63, 3.8) is 0 Å². The first-order valence-electron chi connectivity index (χ1n) is 3.09. The van der Waals surface area contributed by atoms with Crippen LogP contribution in [0.5, 0.6) is 5.75 Å². The summed E-state index contributed by atoms with van der Waals surface area (Å²) in [7, 11) is 2.25. The van der Waals surface area contributed by atoms with E-state index in [2.05, 4.69) is 14.0 Å². The van der Waals surface area contributed by atoms with Gasteiger partial charge in [-0.2, -0.15) is 8.78 Å². The zero-order valence-electron chi connectivity index (χ0n) is 5.93. The number of benzene rings is 1. The zero-order valence-corrected chi connectivity index (χ0v) is 7.08. The van der Waals surface area contributed by atoms with E-state index >= 15 is 0 Å². The highest BCUT2D eigenvalue weighted by molar-refractivity contribution is 7.27. The maximum atomic E-state index is 12.7. The molecule has 0 aliphatic carbocycles. The number of hydrogen-bond acceptors (Lipinski definition) is 1. The van der Waals surface area contributed by atoms with Gasteiger partial charge in [0.2, 0.25) is 0 Å². The highest BCUT2D eigenvalue weighted by Crippen LogP contribution is 2.17. The Hall–Kier alpha value is -0.760. The first-order valence-corrected chi connectivity index (χ1v) is 3.67. The minimum Gasteiger partial charge on any atom is -0.432 e. The molecule has 1 nitrogen and oxygen atoms in total. The molecule has 0 spiro atoms. The Kier molecular flexibility index (Phi) is 2.93. The molecule has 12 heavy (non-hydrogen) atoms. The van der Waals surface area contributed by atoms with Crippen LogP contribution < -0.4 is 10.0 Å². The molecular formula is C7H6F3OP. The van der Waals surface area contributed by atoms with E-state index in [9.17, 15) is 13.2 Å². The second-order valence-electron chi connectivity index (χ2n) is 2.07. The van der Waals surface area contributed by atoms with Crippen molar-refractivity contribution in [3.05, 3.63) is 24.0 Å². The Morgan fingerprint density at radius 1 is 1.33 bits per heavy atom. The third-order valence-corrected chi connectivity index (χ3v) is 1.53. The monoisotopic (exact) mass is 194 g/mol. The number of halogens is 3. The van der Waals surface area contributed by atoms with Crippen molar-refractivity contribution in [1.82, 2.24) is 0 Å². The van der Waals surface area contributed by atoms with Gasteiger partial charge in [0.05, 0.1) is 0 Å². The lowest BCUT2D eigenvalue weighted by Crippen LogP contribution is -2.05. The molecule has 0 radical (unpaired) electrons. The lowest BCUT2D eigenvalue weighted by Gasteiger charge is -2.05. The van der Waals surface area contributed by atoms with Crippen LogP contribution in [0.1, 0.15) is 0 Å². The predicted molar refractivity (Wildman–Crippen MR) is 42.4 cm³/mol. The summed E-state index contributed by atoms with van der Waals surface area (Å²) in [5, 5.41) is 0.578. The number of rotatable bonds is 2. The molecular weight excluding hydrogens is 188 g/mol. The Labute approximate surface area is 69.7 Å². The van der Waals surface area contributed by atoms with Gasteiger partial charge in [0, 0.05) is 0 Å². The molecule has 0 saturated heterocycles. The highest BCUT2D eigenvalue weighted by atomic mass is 31.0. The molecule has 0 fully saturated rings. The van der Waals surface area contributed by atoms with E-state index in [1.54, 1.807) is 0 Å². The minimum absolute atomic E-state index is 0.434. The number of alkyl halides is 2. The van der Waals surface area contributed by atoms with E-state index < -0.39 is 18.2 Å². The van der Waals surface area contributed by atoms with Crippen molar-refractivity contribution in [2.45, 2.75) is 6.61 Å². The second kappa shape index (κ2) is 3.76. The molecule has 0 amide bonds. The molecule has 5 heteroatoms. The van der Waals surface area contributed by atoms with Crippen LogP contribution in [-0.2, 0) is 0 Å². The first-order chi connectivity index (χ1) is 5.59. The molecule has 0 aliphatic heterocycles. The maximum absolute atomic E-state index is 12.7. The second-order valence-corrected chi connectivity index (χ2v) is 2.74. The van der Waals surface area contributed by atoms with Crippen molar-refractivity contribution >= 4 is 14.5 Å². The minimum atomic E-state index is -2.99. The van der Waals surface area contributed by atoms with Crippen LogP contribution in [0.25, 0.3) is 0 Å². The van der Waals surface area contributed by atoms with E-state index in [1.807, 2.05) is 0 Å². The summed E-state index contributed by atoms with van der Waals surface area (Å²) < 4.78 is 39.8. The smallest absolute Gasteiger partial charge is 0.387 e. The topological polar surface area (TPSA) is 9.23 Å². The summed E-state index contributed by atoms with van der Waals surface area (Å²) in [6, 6.07) is 3.72. The van der Waals surface area contributed by atoms with E-state index in [0.717, 1.165) is 12.1 Å². The molecule has 1 aromatic rings. The van der Waals surface area contributed by atoms with Gasteiger partial charge < -0.3 is 4.74 Å². The van der Waals surface area contributed by atoms with Gasteiger partial charge in [-0.05, 0) is 17.4 Å². The van der Waals surface area contributed by atoms with Gasteiger partial charge in [0.25, 0.3) is 0 Å². The van der Waals surface area contributed by atoms with Crippen LogP contribution in [0.2, 0.25) is 0 Å². The zero-order chi connectivity index (χ0) is 9.14. The molecule has 1 rings (SSSR count). The molecule has 0 aromatic heterocycles. The summed E-state index contributed by atoms with van der Waals surface area (Å²) in [6.45, 7) is -2.99. The molecule has 1 unspecified atom stereocenters. The molecule has 0 bridgehead atoms. The van der Waals surface area contributed by atoms with E-state index in [4.69, 9.17) is 0 Å². The fraction of sp³-hybridized carbons (Fsp3) is 0.143. The lowest BCUT2D eigenvalue weighted by atomic mass is 10.3. The first kappa shape index (κ1) is 9.33. The average molecular weight is 194 g/mol. The summed E-state index contributed by atoms with van der Waals surface area (Å²) in [5.74, 6) is -1.22. The summed E-state index contributed by atoms with van der Waals surface area (Å²) in [4.78, 5) is 0. The quantitative estimate of drug-likeness (QED) is 0.653. The van der Waals surface area contributed by atoms with Gasteiger partial charge in [-0.3, -0.25) is 0 Å². The predicted octanol–water partition coefficient (Wildman–Crippen LogP) is 1.93. The normalized spacial score (nSPS) is 10.4. The van der Waals surface area contributed by atoms with Crippen molar-refractivity contribution < 1.29 is 17.9 Å². The molecule has 0 aliphatic rings. The van der Waals surface area contributed by atoms with E-state index in [0.29, 0.717) is 5.30 Å².